The van der Waals surface area contributed by atoms with Crippen LogP contribution in [0, 0.1) is 13.8 Å². The first-order chi connectivity index (χ1) is 9.40. The third-order valence-corrected chi connectivity index (χ3v) is 3.48. The number of carboxylic acids is 1. The molecule has 6 heteroatoms. The summed E-state index contributed by atoms with van der Waals surface area (Å²) >= 11 is 0. The van der Waals surface area contributed by atoms with Crippen molar-refractivity contribution in [2.75, 3.05) is 5.32 Å². The van der Waals surface area contributed by atoms with Crippen LogP contribution in [0.1, 0.15) is 24.0 Å². The molecule has 2 atom stereocenters. The molecule has 0 spiro atoms. The second kappa shape index (κ2) is 5.50. The van der Waals surface area contributed by atoms with E-state index in [1.807, 2.05) is 0 Å². The molecule has 1 aliphatic rings. The normalized spacial score (nSPS) is 21.7. The standard InChI is InChI=1S/C14H17NO5/c1-7-3-4-9(8(2)12(7)16)15-13(17)10-5-6-11(20-10)14(18)19/h3-4,10-11,16H,5-6H2,1-2H3,(H,15,17)(H,18,19). The first-order valence-corrected chi connectivity index (χ1v) is 6.38. The van der Waals surface area contributed by atoms with Gasteiger partial charge in [-0.1, -0.05) is 6.07 Å². The summed E-state index contributed by atoms with van der Waals surface area (Å²) in [5.74, 6) is -1.30. The van der Waals surface area contributed by atoms with Crippen LogP contribution in [0.25, 0.3) is 0 Å². The molecule has 108 valence electrons. The summed E-state index contributed by atoms with van der Waals surface area (Å²) in [6.45, 7) is 3.47. The summed E-state index contributed by atoms with van der Waals surface area (Å²) in [5, 5.41) is 21.3. The number of phenols is 1. The highest BCUT2D eigenvalue weighted by Gasteiger charge is 2.34. The van der Waals surface area contributed by atoms with E-state index in [0.29, 0.717) is 24.1 Å². The van der Waals surface area contributed by atoms with Gasteiger partial charge in [0.1, 0.15) is 11.9 Å². The Morgan fingerprint density at radius 3 is 2.50 bits per heavy atom. The van der Waals surface area contributed by atoms with Crippen molar-refractivity contribution in [3.63, 3.8) is 0 Å². The van der Waals surface area contributed by atoms with Crippen LogP contribution in [-0.4, -0.2) is 34.3 Å². The first-order valence-electron chi connectivity index (χ1n) is 6.38. The molecule has 3 N–H and O–H groups in total. The quantitative estimate of drug-likeness (QED) is 0.780. The van der Waals surface area contributed by atoms with Crippen LogP contribution in [0.2, 0.25) is 0 Å². The maximum atomic E-state index is 12.0. The van der Waals surface area contributed by atoms with Crippen molar-refractivity contribution >= 4 is 17.6 Å². The van der Waals surface area contributed by atoms with Crippen molar-refractivity contribution in [2.24, 2.45) is 0 Å². The zero-order chi connectivity index (χ0) is 14.9. The van der Waals surface area contributed by atoms with Crippen molar-refractivity contribution in [2.45, 2.75) is 38.9 Å². The van der Waals surface area contributed by atoms with E-state index in [9.17, 15) is 14.7 Å². The molecule has 0 bridgehead atoms. The number of carboxylic acid groups (broad SMARTS) is 1. The number of aliphatic carboxylic acids is 1. The highest BCUT2D eigenvalue weighted by atomic mass is 16.5. The molecule has 1 aliphatic heterocycles. The molecule has 20 heavy (non-hydrogen) atoms. The Labute approximate surface area is 116 Å². The molecule has 1 saturated heterocycles. The average molecular weight is 279 g/mol. The molecule has 0 saturated carbocycles. The van der Waals surface area contributed by atoms with Crippen LogP contribution in [-0.2, 0) is 14.3 Å². The molecule has 2 unspecified atom stereocenters. The molecule has 0 radical (unpaired) electrons. The average Bonchev–Trinajstić information content (AvgIpc) is 2.89. The molecule has 1 aromatic carbocycles. The van der Waals surface area contributed by atoms with E-state index in [2.05, 4.69) is 5.32 Å². The summed E-state index contributed by atoms with van der Waals surface area (Å²) in [7, 11) is 0. The van der Waals surface area contributed by atoms with E-state index < -0.39 is 18.2 Å². The van der Waals surface area contributed by atoms with Crippen LogP contribution in [0.15, 0.2) is 12.1 Å². The fourth-order valence-corrected chi connectivity index (χ4v) is 2.20. The van der Waals surface area contributed by atoms with E-state index >= 15 is 0 Å². The Kier molecular flexibility index (Phi) is 3.94. The number of ether oxygens (including phenoxy) is 1. The number of benzene rings is 1. The van der Waals surface area contributed by atoms with Crippen LogP contribution in [0.5, 0.6) is 5.75 Å². The van der Waals surface area contributed by atoms with Crippen molar-refractivity contribution in [1.82, 2.24) is 0 Å². The lowest BCUT2D eigenvalue weighted by Gasteiger charge is -2.14. The second-order valence-corrected chi connectivity index (χ2v) is 4.92. The zero-order valence-electron chi connectivity index (χ0n) is 11.3. The van der Waals surface area contributed by atoms with E-state index in [1.165, 1.54) is 0 Å². The van der Waals surface area contributed by atoms with E-state index in [0.717, 1.165) is 5.56 Å². The van der Waals surface area contributed by atoms with Gasteiger partial charge in [0, 0.05) is 11.3 Å². The first kappa shape index (κ1) is 14.3. The van der Waals surface area contributed by atoms with Gasteiger partial charge in [0.15, 0.2) is 6.10 Å². The van der Waals surface area contributed by atoms with Crippen LogP contribution < -0.4 is 5.32 Å². The number of phenolic OH excluding ortho intramolecular Hbond substituents is 1. The van der Waals surface area contributed by atoms with Crippen molar-refractivity contribution in [1.29, 1.82) is 0 Å². The van der Waals surface area contributed by atoms with Gasteiger partial charge < -0.3 is 20.3 Å². The van der Waals surface area contributed by atoms with E-state index in [-0.39, 0.29) is 11.7 Å². The van der Waals surface area contributed by atoms with Gasteiger partial charge in [0.25, 0.3) is 5.91 Å². The fourth-order valence-electron chi connectivity index (χ4n) is 2.20. The maximum absolute atomic E-state index is 12.0. The van der Waals surface area contributed by atoms with E-state index in [1.54, 1.807) is 26.0 Å². The summed E-state index contributed by atoms with van der Waals surface area (Å²) in [4.78, 5) is 22.8. The molecule has 1 aromatic rings. The molecule has 0 aromatic heterocycles. The van der Waals surface area contributed by atoms with Gasteiger partial charge in [0.05, 0.1) is 0 Å². The maximum Gasteiger partial charge on any atom is 0.332 e. The molecule has 6 nitrogen and oxygen atoms in total. The summed E-state index contributed by atoms with van der Waals surface area (Å²) in [6.07, 6.45) is -0.983. The van der Waals surface area contributed by atoms with Crippen LogP contribution >= 0.6 is 0 Å². The number of carbonyl (C=O) groups is 2. The second-order valence-electron chi connectivity index (χ2n) is 4.92. The third-order valence-electron chi connectivity index (χ3n) is 3.48. The molecular weight excluding hydrogens is 262 g/mol. The van der Waals surface area contributed by atoms with Crippen LogP contribution in [0.3, 0.4) is 0 Å². The Morgan fingerprint density at radius 1 is 1.25 bits per heavy atom. The Morgan fingerprint density at radius 2 is 1.90 bits per heavy atom. The Balaban J connectivity index is 2.06. The Hall–Kier alpha value is -2.08. The van der Waals surface area contributed by atoms with Gasteiger partial charge >= 0.3 is 5.97 Å². The number of nitrogens with one attached hydrogen (secondary N) is 1. The molecule has 2 rings (SSSR count). The summed E-state index contributed by atoms with van der Waals surface area (Å²) in [5.41, 5.74) is 1.80. The van der Waals surface area contributed by atoms with E-state index in [4.69, 9.17) is 9.84 Å². The lowest BCUT2D eigenvalue weighted by atomic mass is 10.1. The topological polar surface area (TPSA) is 95.9 Å². The largest absolute Gasteiger partial charge is 0.507 e. The van der Waals surface area contributed by atoms with Crippen molar-refractivity contribution < 1.29 is 24.5 Å². The predicted molar refractivity (Wildman–Crippen MR) is 71.7 cm³/mol. The fraction of sp³-hybridized carbons (Fsp3) is 0.429. The zero-order valence-corrected chi connectivity index (χ0v) is 11.3. The number of hydrogen-bond donors (Lipinski definition) is 3. The van der Waals surface area contributed by atoms with Gasteiger partial charge in [-0.05, 0) is 38.3 Å². The number of rotatable bonds is 3. The monoisotopic (exact) mass is 279 g/mol. The van der Waals surface area contributed by atoms with Crippen LogP contribution in [0.4, 0.5) is 5.69 Å². The SMILES string of the molecule is Cc1ccc(NC(=O)C2CCC(C(=O)O)O2)c(C)c1O. The molecule has 1 amide bonds. The highest BCUT2D eigenvalue weighted by molar-refractivity contribution is 5.95. The predicted octanol–water partition coefficient (Wildman–Crippen LogP) is 1.58. The number of hydrogen-bond acceptors (Lipinski definition) is 4. The molecular formula is C14H17NO5. The number of anilines is 1. The Bertz CT molecular complexity index is 555. The number of aryl methyl sites for hydroxylation is 1. The van der Waals surface area contributed by atoms with Gasteiger partial charge in [-0.15, -0.1) is 0 Å². The van der Waals surface area contributed by atoms with Crippen molar-refractivity contribution in [3.8, 4) is 5.75 Å². The van der Waals surface area contributed by atoms with Gasteiger partial charge in [-0.3, -0.25) is 4.79 Å². The molecule has 1 fully saturated rings. The minimum absolute atomic E-state index is 0.138. The number of amides is 1. The lowest BCUT2D eigenvalue weighted by molar-refractivity contribution is -0.150. The molecule has 1 heterocycles. The highest BCUT2D eigenvalue weighted by Crippen LogP contribution is 2.29. The number of carbonyl (C=O) groups excluding carboxylic acids is 1. The van der Waals surface area contributed by atoms with Gasteiger partial charge in [-0.2, -0.15) is 0 Å². The summed E-state index contributed by atoms with van der Waals surface area (Å²) in [6, 6.07) is 3.40. The number of aromatic hydroxyl groups is 1. The van der Waals surface area contributed by atoms with Crippen molar-refractivity contribution in [3.05, 3.63) is 23.3 Å². The molecule has 0 aliphatic carbocycles. The van der Waals surface area contributed by atoms with Gasteiger partial charge in [0.2, 0.25) is 0 Å². The van der Waals surface area contributed by atoms with Gasteiger partial charge in [-0.25, -0.2) is 4.79 Å². The third kappa shape index (κ3) is 2.75. The smallest absolute Gasteiger partial charge is 0.332 e. The lowest BCUT2D eigenvalue weighted by Crippen LogP contribution is -2.30. The summed E-state index contributed by atoms with van der Waals surface area (Å²) < 4.78 is 5.18. The minimum atomic E-state index is -1.05. The minimum Gasteiger partial charge on any atom is -0.507 e.